The number of rotatable bonds is 9. The van der Waals surface area contributed by atoms with Gasteiger partial charge in [-0.1, -0.05) is 0 Å². The Labute approximate surface area is 236 Å². The van der Waals surface area contributed by atoms with Gasteiger partial charge in [-0.3, -0.25) is 4.79 Å². The molecule has 1 fully saturated rings. The van der Waals surface area contributed by atoms with Gasteiger partial charge >= 0.3 is 5.97 Å². The highest BCUT2D eigenvalue weighted by molar-refractivity contribution is 7.13. The predicted octanol–water partition coefficient (Wildman–Crippen LogP) is 5.20. The number of methoxy groups -OCH3 is 1. The van der Waals surface area contributed by atoms with Crippen LogP contribution in [0.3, 0.4) is 0 Å². The lowest BCUT2D eigenvalue weighted by Gasteiger charge is -2.37. The van der Waals surface area contributed by atoms with Crippen molar-refractivity contribution in [3.8, 4) is 17.2 Å². The second kappa shape index (κ2) is 12.3. The smallest absolute Gasteiger partial charge is 0.340 e. The van der Waals surface area contributed by atoms with E-state index in [1.807, 2.05) is 19.1 Å². The Morgan fingerprint density at radius 3 is 2.85 bits per heavy atom. The molecule has 11 heteroatoms. The van der Waals surface area contributed by atoms with E-state index in [2.05, 4.69) is 20.4 Å². The van der Waals surface area contributed by atoms with Crippen molar-refractivity contribution in [1.29, 1.82) is 0 Å². The summed E-state index contributed by atoms with van der Waals surface area (Å²) in [5.74, 6) is -0.638. The van der Waals surface area contributed by atoms with Crippen LogP contribution < -0.4 is 20.1 Å². The minimum atomic E-state index is -0.771. The van der Waals surface area contributed by atoms with E-state index in [4.69, 9.17) is 14.2 Å². The minimum absolute atomic E-state index is 0.0177. The SMILES string of the molecule is COC(=O)c1ccc(Oc2cc3c(cc2OCC2CCCCO2)CCN[C@]3(C)CC(=O)Nc2nccs2)cc1F. The van der Waals surface area contributed by atoms with E-state index in [0.717, 1.165) is 42.9 Å². The van der Waals surface area contributed by atoms with Crippen molar-refractivity contribution in [2.24, 2.45) is 0 Å². The van der Waals surface area contributed by atoms with Crippen molar-refractivity contribution < 1.29 is 32.9 Å². The van der Waals surface area contributed by atoms with Gasteiger partial charge in [0.25, 0.3) is 0 Å². The number of carbonyl (C=O) groups is 2. The Morgan fingerprint density at radius 2 is 2.12 bits per heavy atom. The standard InChI is InChI=1S/C29H32FN3O6S/c1-29(16-26(34)33-28-31-10-12-40-28)22-15-25(39-19-6-7-21(23(30)14-19)27(35)36-2)24(13-18(22)8-9-32-29)38-17-20-5-3-4-11-37-20/h6-7,10,12-15,20,32H,3-5,8-9,11,16-17H2,1-2H3,(H,31,33,34)/t20?,29-/m1/s1. The number of ether oxygens (including phenoxy) is 4. The van der Waals surface area contributed by atoms with Crippen molar-refractivity contribution in [1.82, 2.24) is 10.3 Å². The van der Waals surface area contributed by atoms with Crippen LogP contribution in [0, 0.1) is 5.82 Å². The molecular formula is C29H32FN3O6S. The average molecular weight is 570 g/mol. The second-order valence-corrected chi connectivity index (χ2v) is 11.0. The number of hydrogen-bond donors (Lipinski definition) is 2. The van der Waals surface area contributed by atoms with Crippen LogP contribution in [-0.4, -0.2) is 49.8 Å². The molecule has 9 nitrogen and oxygen atoms in total. The summed E-state index contributed by atoms with van der Waals surface area (Å²) in [5, 5.41) is 8.68. The third-order valence-electron chi connectivity index (χ3n) is 7.14. The third kappa shape index (κ3) is 6.43. The summed E-state index contributed by atoms with van der Waals surface area (Å²) in [7, 11) is 1.20. The Morgan fingerprint density at radius 1 is 1.25 bits per heavy atom. The molecule has 2 atom stereocenters. The molecule has 5 rings (SSSR count). The molecule has 2 aliphatic rings. The number of aromatic nitrogens is 1. The van der Waals surface area contributed by atoms with Crippen LogP contribution in [-0.2, 0) is 26.2 Å². The first-order chi connectivity index (χ1) is 19.3. The van der Waals surface area contributed by atoms with Gasteiger partial charge in [0.15, 0.2) is 16.6 Å². The molecule has 1 saturated heterocycles. The van der Waals surface area contributed by atoms with E-state index < -0.39 is 17.3 Å². The fourth-order valence-corrected chi connectivity index (χ4v) is 5.64. The normalized spacial score (nSPS) is 20.3. The van der Waals surface area contributed by atoms with Gasteiger partial charge in [-0.2, -0.15) is 0 Å². The molecule has 2 aromatic carbocycles. The van der Waals surface area contributed by atoms with Crippen molar-refractivity contribution in [3.05, 3.63) is 64.4 Å². The number of fused-ring (bicyclic) bond motifs is 1. The number of halogens is 1. The zero-order valence-electron chi connectivity index (χ0n) is 22.5. The Kier molecular flexibility index (Phi) is 8.63. The molecule has 3 heterocycles. The average Bonchev–Trinajstić information content (AvgIpc) is 3.45. The molecule has 0 spiro atoms. The highest BCUT2D eigenvalue weighted by Gasteiger charge is 2.35. The first kappa shape index (κ1) is 28.0. The molecule has 0 saturated carbocycles. The lowest BCUT2D eigenvalue weighted by molar-refractivity contribution is -0.117. The van der Waals surface area contributed by atoms with Crippen LogP contribution in [0.5, 0.6) is 17.2 Å². The summed E-state index contributed by atoms with van der Waals surface area (Å²) in [6.45, 7) is 3.72. The van der Waals surface area contributed by atoms with Crippen molar-refractivity contribution >= 4 is 28.3 Å². The molecule has 212 valence electrons. The number of benzene rings is 2. The Balaban J connectivity index is 1.45. The van der Waals surface area contributed by atoms with Gasteiger partial charge < -0.3 is 29.6 Å². The molecule has 2 aliphatic heterocycles. The van der Waals surface area contributed by atoms with E-state index >= 15 is 0 Å². The van der Waals surface area contributed by atoms with Gasteiger partial charge in [-0.25, -0.2) is 14.2 Å². The number of esters is 1. The van der Waals surface area contributed by atoms with Crippen LogP contribution in [0.4, 0.5) is 9.52 Å². The summed E-state index contributed by atoms with van der Waals surface area (Å²) in [6, 6.07) is 7.74. The lowest BCUT2D eigenvalue weighted by Crippen LogP contribution is -2.47. The van der Waals surface area contributed by atoms with Crippen LogP contribution in [0.15, 0.2) is 41.9 Å². The number of thiazole rings is 1. The van der Waals surface area contributed by atoms with E-state index in [9.17, 15) is 14.0 Å². The molecule has 2 N–H and O–H groups in total. The highest BCUT2D eigenvalue weighted by atomic mass is 32.1. The summed E-state index contributed by atoms with van der Waals surface area (Å²) < 4.78 is 37.5. The summed E-state index contributed by atoms with van der Waals surface area (Å²) in [5.41, 5.74) is 1.03. The van der Waals surface area contributed by atoms with Crippen LogP contribution >= 0.6 is 11.3 Å². The van der Waals surface area contributed by atoms with Gasteiger partial charge in [-0.05, 0) is 68.0 Å². The van der Waals surface area contributed by atoms with E-state index in [1.54, 1.807) is 11.6 Å². The number of amides is 1. The van der Waals surface area contributed by atoms with Crippen molar-refractivity contribution in [3.63, 3.8) is 0 Å². The molecule has 0 radical (unpaired) electrons. The number of nitrogens with one attached hydrogen (secondary N) is 2. The quantitative estimate of drug-likeness (QED) is 0.339. The monoisotopic (exact) mass is 569 g/mol. The maximum absolute atomic E-state index is 14.7. The fraction of sp³-hybridized carbons (Fsp3) is 0.414. The number of carbonyl (C=O) groups excluding carboxylic acids is 2. The molecular weight excluding hydrogens is 537 g/mol. The van der Waals surface area contributed by atoms with Crippen LogP contribution in [0.1, 0.15) is 54.1 Å². The second-order valence-electron chi connectivity index (χ2n) is 10.1. The lowest BCUT2D eigenvalue weighted by atomic mass is 9.81. The first-order valence-electron chi connectivity index (χ1n) is 13.3. The molecule has 0 bridgehead atoms. The summed E-state index contributed by atoms with van der Waals surface area (Å²) in [6.07, 6.45) is 5.56. The fourth-order valence-electron chi connectivity index (χ4n) is 5.09. The summed E-state index contributed by atoms with van der Waals surface area (Å²) in [4.78, 5) is 28.9. The maximum atomic E-state index is 14.7. The van der Waals surface area contributed by atoms with Gasteiger partial charge in [0.2, 0.25) is 5.91 Å². The zero-order chi connectivity index (χ0) is 28.1. The molecule has 3 aromatic rings. The van der Waals surface area contributed by atoms with Gasteiger partial charge in [0.05, 0.1) is 18.8 Å². The first-order valence-corrected chi connectivity index (χ1v) is 14.1. The van der Waals surface area contributed by atoms with E-state index in [0.29, 0.717) is 36.4 Å². The van der Waals surface area contributed by atoms with E-state index in [-0.39, 0.29) is 29.7 Å². The van der Waals surface area contributed by atoms with Crippen molar-refractivity contribution in [2.45, 2.75) is 50.7 Å². The predicted molar refractivity (Wildman–Crippen MR) is 148 cm³/mol. The zero-order valence-corrected chi connectivity index (χ0v) is 23.3. The Hall–Kier alpha value is -3.54. The van der Waals surface area contributed by atoms with Gasteiger partial charge in [-0.15, -0.1) is 11.3 Å². The van der Waals surface area contributed by atoms with E-state index in [1.165, 1.54) is 30.6 Å². The molecule has 40 heavy (non-hydrogen) atoms. The molecule has 1 amide bonds. The highest BCUT2D eigenvalue weighted by Crippen LogP contribution is 2.41. The van der Waals surface area contributed by atoms with Crippen LogP contribution in [0.2, 0.25) is 0 Å². The number of nitrogens with zero attached hydrogens (tertiary/aromatic N) is 1. The topological polar surface area (TPSA) is 108 Å². The number of anilines is 1. The number of hydrogen-bond acceptors (Lipinski definition) is 9. The van der Waals surface area contributed by atoms with Gasteiger partial charge in [0, 0.05) is 42.8 Å². The van der Waals surface area contributed by atoms with Crippen LogP contribution in [0.25, 0.3) is 0 Å². The molecule has 1 aromatic heterocycles. The molecule has 1 unspecified atom stereocenters. The largest absolute Gasteiger partial charge is 0.487 e. The maximum Gasteiger partial charge on any atom is 0.340 e. The third-order valence-corrected chi connectivity index (χ3v) is 7.83. The minimum Gasteiger partial charge on any atom is -0.487 e. The summed E-state index contributed by atoms with van der Waals surface area (Å²) >= 11 is 1.36. The van der Waals surface area contributed by atoms with Crippen molar-refractivity contribution in [2.75, 3.05) is 32.2 Å². The van der Waals surface area contributed by atoms with Gasteiger partial charge in [0.1, 0.15) is 18.2 Å². The Bertz CT molecular complexity index is 1360. The molecule has 0 aliphatic carbocycles.